The third-order valence-electron chi connectivity index (χ3n) is 5.23. The summed E-state index contributed by atoms with van der Waals surface area (Å²) >= 11 is 6.34. The topological polar surface area (TPSA) is 84.7 Å². The first kappa shape index (κ1) is 17.9. The number of aromatic nitrogens is 4. The number of H-pyrrole nitrogens is 1. The number of imidazole rings is 1. The summed E-state index contributed by atoms with van der Waals surface area (Å²) in [4.78, 5) is 31.5. The molecule has 0 spiro atoms. The Kier molecular flexibility index (Phi) is 4.78. The van der Waals surface area contributed by atoms with E-state index in [4.69, 9.17) is 11.6 Å². The van der Waals surface area contributed by atoms with Crippen LogP contribution in [0.5, 0.6) is 0 Å². The van der Waals surface area contributed by atoms with E-state index in [2.05, 4.69) is 15.3 Å². The van der Waals surface area contributed by atoms with E-state index in [-0.39, 0.29) is 0 Å². The Labute approximate surface area is 161 Å². The smallest absolute Gasteiger partial charge is 0.329 e. The van der Waals surface area contributed by atoms with Crippen molar-refractivity contribution in [1.82, 2.24) is 19.1 Å². The molecule has 27 heavy (non-hydrogen) atoms. The molecule has 0 saturated heterocycles. The predicted molar refractivity (Wildman–Crippen MR) is 107 cm³/mol. The van der Waals surface area contributed by atoms with Crippen LogP contribution in [0.2, 0.25) is 5.02 Å². The van der Waals surface area contributed by atoms with E-state index in [0.29, 0.717) is 34.7 Å². The molecule has 1 fully saturated rings. The van der Waals surface area contributed by atoms with E-state index in [0.717, 1.165) is 18.4 Å². The van der Waals surface area contributed by atoms with Gasteiger partial charge in [0.15, 0.2) is 11.2 Å². The van der Waals surface area contributed by atoms with Crippen LogP contribution in [0.3, 0.4) is 0 Å². The lowest BCUT2D eigenvalue weighted by atomic mass is 9.96. The van der Waals surface area contributed by atoms with Crippen molar-refractivity contribution >= 4 is 28.7 Å². The fourth-order valence-electron chi connectivity index (χ4n) is 3.73. The first-order valence-corrected chi connectivity index (χ1v) is 9.62. The van der Waals surface area contributed by atoms with Gasteiger partial charge in [0.05, 0.1) is 6.54 Å². The van der Waals surface area contributed by atoms with Gasteiger partial charge in [0, 0.05) is 18.1 Å². The van der Waals surface area contributed by atoms with Crippen LogP contribution in [0.15, 0.2) is 33.9 Å². The van der Waals surface area contributed by atoms with Crippen molar-refractivity contribution in [3.8, 4) is 0 Å². The number of nitrogens with zero attached hydrogens (tertiary/aromatic N) is 3. The quantitative estimate of drug-likeness (QED) is 0.720. The number of anilines is 1. The molecule has 1 aliphatic carbocycles. The predicted octanol–water partition coefficient (Wildman–Crippen LogP) is 2.87. The average Bonchev–Trinajstić information content (AvgIpc) is 3.01. The van der Waals surface area contributed by atoms with Gasteiger partial charge in [0.1, 0.15) is 0 Å². The van der Waals surface area contributed by atoms with Crippen molar-refractivity contribution < 1.29 is 0 Å². The zero-order chi connectivity index (χ0) is 19.0. The fourth-order valence-corrected chi connectivity index (χ4v) is 3.92. The minimum atomic E-state index is -0.473. The SMILES string of the molecule is Cn1c(=O)[nH]c(=O)c2c1nc(NC1CCCCC1)n2Cc1ccccc1Cl. The normalized spacial score (nSPS) is 15.3. The highest BCUT2D eigenvalue weighted by Crippen LogP contribution is 2.25. The number of benzene rings is 1. The van der Waals surface area contributed by atoms with Crippen LogP contribution in [-0.4, -0.2) is 25.1 Å². The van der Waals surface area contributed by atoms with Gasteiger partial charge in [-0.1, -0.05) is 49.1 Å². The van der Waals surface area contributed by atoms with Crippen molar-refractivity contribution in [2.75, 3.05) is 5.32 Å². The summed E-state index contributed by atoms with van der Waals surface area (Å²) in [7, 11) is 1.61. The van der Waals surface area contributed by atoms with Crippen LogP contribution >= 0.6 is 11.6 Å². The summed E-state index contributed by atoms with van der Waals surface area (Å²) in [6.07, 6.45) is 5.76. The number of nitrogens with one attached hydrogen (secondary N) is 2. The second-order valence-electron chi connectivity index (χ2n) is 7.08. The molecule has 0 radical (unpaired) electrons. The monoisotopic (exact) mass is 387 g/mol. The van der Waals surface area contributed by atoms with Crippen LogP contribution in [0, 0.1) is 0 Å². The summed E-state index contributed by atoms with van der Waals surface area (Å²) in [5.41, 5.74) is 0.714. The zero-order valence-electron chi connectivity index (χ0n) is 15.2. The molecule has 0 unspecified atom stereocenters. The van der Waals surface area contributed by atoms with Crippen molar-refractivity contribution in [3.05, 3.63) is 55.7 Å². The van der Waals surface area contributed by atoms with Gasteiger partial charge in [0.2, 0.25) is 5.95 Å². The number of aromatic amines is 1. The second-order valence-corrected chi connectivity index (χ2v) is 7.49. The molecule has 1 aliphatic rings. The average molecular weight is 388 g/mol. The molecular weight excluding hydrogens is 366 g/mol. The maximum absolute atomic E-state index is 12.6. The molecule has 0 atom stereocenters. The summed E-state index contributed by atoms with van der Waals surface area (Å²) < 4.78 is 3.19. The molecule has 2 heterocycles. The molecule has 3 aromatic rings. The van der Waals surface area contributed by atoms with Crippen molar-refractivity contribution in [2.24, 2.45) is 7.05 Å². The fraction of sp³-hybridized carbons (Fsp3) is 0.421. The summed E-state index contributed by atoms with van der Waals surface area (Å²) in [5, 5.41) is 4.12. The van der Waals surface area contributed by atoms with Crippen LogP contribution in [0.1, 0.15) is 37.7 Å². The standard InChI is InChI=1S/C19H22ClN5O2/c1-24-16-15(17(26)23-19(24)27)25(11-12-7-5-6-10-14(12)20)18(22-16)21-13-8-3-2-4-9-13/h5-7,10,13H,2-4,8-9,11H2,1H3,(H,21,22)(H,23,26,27). The van der Waals surface area contributed by atoms with E-state index >= 15 is 0 Å². The molecule has 1 saturated carbocycles. The van der Waals surface area contributed by atoms with Crippen molar-refractivity contribution in [3.63, 3.8) is 0 Å². The lowest BCUT2D eigenvalue weighted by Gasteiger charge is -2.23. The molecule has 1 aromatic carbocycles. The molecule has 0 amide bonds. The molecule has 2 aromatic heterocycles. The van der Waals surface area contributed by atoms with Gasteiger partial charge in [-0.15, -0.1) is 0 Å². The summed E-state index contributed by atoms with van der Waals surface area (Å²) in [6.45, 7) is 0.395. The number of halogens is 1. The highest BCUT2D eigenvalue weighted by molar-refractivity contribution is 6.31. The van der Waals surface area contributed by atoms with Crippen molar-refractivity contribution in [2.45, 2.75) is 44.7 Å². The minimum absolute atomic E-state index is 0.316. The van der Waals surface area contributed by atoms with E-state index in [1.807, 2.05) is 28.8 Å². The van der Waals surface area contributed by atoms with Gasteiger partial charge in [-0.25, -0.2) is 4.79 Å². The Morgan fingerprint density at radius 2 is 1.96 bits per heavy atom. The van der Waals surface area contributed by atoms with E-state index < -0.39 is 11.2 Å². The molecule has 0 aliphatic heterocycles. The number of hydrogen-bond donors (Lipinski definition) is 2. The Bertz CT molecular complexity index is 1090. The number of rotatable bonds is 4. The third kappa shape index (κ3) is 3.39. The molecule has 8 heteroatoms. The maximum atomic E-state index is 12.6. The molecule has 2 N–H and O–H groups in total. The van der Waals surface area contributed by atoms with E-state index in [1.54, 1.807) is 7.05 Å². The van der Waals surface area contributed by atoms with Gasteiger partial charge in [0.25, 0.3) is 5.56 Å². The summed E-state index contributed by atoms with van der Waals surface area (Å²) in [6, 6.07) is 7.85. The van der Waals surface area contributed by atoms with Crippen LogP contribution in [0.25, 0.3) is 11.2 Å². The van der Waals surface area contributed by atoms with Crippen molar-refractivity contribution in [1.29, 1.82) is 0 Å². The Morgan fingerprint density at radius 1 is 1.22 bits per heavy atom. The molecule has 7 nitrogen and oxygen atoms in total. The maximum Gasteiger partial charge on any atom is 0.329 e. The van der Waals surface area contributed by atoms with Crippen LogP contribution in [-0.2, 0) is 13.6 Å². The lowest BCUT2D eigenvalue weighted by Crippen LogP contribution is -2.29. The van der Waals surface area contributed by atoms with Gasteiger partial charge in [-0.2, -0.15) is 4.98 Å². The molecule has 0 bridgehead atoms. The first-order chi connectivity index (χ1) is 13.0. The highest BCUT2D eigenvalue weighted by Gasteiger charge is 2.21. The molecular formula is C19H22ClN5O2. The minimum Gasteiger partial charge on any atom is -0.353 e. The lowest BCUT2D eigenvalue weighted by molar-refractivity contribution is 0.459. The van der Waals surface area contributed by atoms with E-state index in [9.17, 15) is 9.59 Å². The largest absolute Gasteiger partial charge is 0.353 e. The zero-order valence-corrected chi connectivity index (χ0v) is 15.9. The number of aryl methyl sites for hydroxylation is 1. The van der Waals surface area contributed by atoms with Crippen LogP contribution < -0.4 is 16.6 Å². The first-order valence-electron chi connectivity index (χ1n) is 9.24. The Hall–Kier alpha value is -2.54. The molecule has 4 rings (SSSR count). The van der Waals surface area contributed by atoms with Gasteiger partial charge >= 0.3 is 5.69 Å². The van der Waals surface area contributed by atoms with E-state index in [1.165, 1.54) is 23.8 Å². The highest BCUT2D eigenvalue weighted by atomic mass is 35.5. The molecule has 142 valence electrons. The second kappa shape index (κ2) is 7.23. The van der Waals surface area contributed by atoms with Crippen LogP contribution in [0.4, 0.5) is 5.95 Å². The third-order valence-corrected chi connectivity index (χ3v) is 5.60. The van der Waals surface area contributed by atoms with Gasteiger partial charge in [-0.3, -0.25) is 18.9 Å². The Morgan fingerprint density at radius 3 is 2.70 bits per heavy atom. The summed E-state index contributed by atoms with van der Waals surface area (Å²) in [5.74, 6) is 0.600. The Balaban J connectivity index is 1.86. The van der Waals surface area contributed by atoms with Gasteiger partial charge < -0.3 is 5.32 Å². The van der Waals surface area contributed by atoms with Gasteiger partial charge in [-0.05, 0) is 24.5 Å². The number of hydrogen-bond acceptors (Lipinski definition) is 4. The number of fused-ring (bicyclic) bond motifs is 1.